The fourth-order valence-corrected chi connectivity index (χ4v) is 2.38. The van der Waals surface area contributed by atoms with Gasteiger partial charge in [-0.3, -0.25) is 0 Å². The smallest absolute Gasteiger partial charge is 0.387 e. The number of methoxy groups -OCH3 is 1. The van der Waals surface area contributed by atoms with E-state index in [-0.39, 0.29) is 17.4 Å². The first-order valence-electron chi connectivity index (χ1n) is 6.96. The summed E-state index contributed by atoms with van der Waals surface area (Å²) in [5, 5.41) is 3.37. The second-order valence-electron chi connectivity index (χ2n) is 5.24. The van der Waals surface area contributed by atoms with Crippen molar-refractivity contribution < 1.29 is 23.0 Å². The van der Waals surface area contributed by atoms with Crippen LogP contribution in [0.5, 0.6) is 5.75 Å². The Morgan fingerprint density at radius 1 is 1.43 bits per heavy atom. The number of alkyl halides is 2. The van der Waals surface area contributed by atoms with Gasteiger partial charge in [-0.15, -0.1) is 0 Å². The highest BCUT2D eigenvalue weighted by molar-refractivity contribution is 5.30. The summed E-state index contributed by atoms with van der Waals surface area (Å²) in [7, 11) is 1.68. The lowest BCUT2D eigenvalue weighted by Gasteiger charge is -2.28. The van der Waals surface area contributed by atoms with Gasteiger partial charge in [0.15, 0.2) is 0 Å². The van der Waals surface area contributed by atoms with Crippen molar-refractivity contribution in [1.29, 1.82) is 0 Å². The predicted molar refractivity (Wildman–Crippen MR) is 74.7 cm³/mol. The second-order valence-corrected chi connectivity index (χ2v) is 5.24. The lowest BCUT2D eigenvalue weighted by atomic mass is 10.0. The molecule has 118 valence electrons. The van der Waals surface area contributed by atoms with Crippen LogP contribution < -0.4 is 10.1 Å². The van der Waals surface area contributed by atoms with Gasteiger partial charge in [0.2, 0.25) is 0 Å². The maximum Gasteiger partial charge on any atom is 0.387 e. The molecule has 0 spiro atoms. The lowest BCUT2D eigenvalue weighted by molar-refractivity contribution is -0.0499. The van der Waals surface area contributed by atoms with E-state index in [1.54, 1.807) is 19.2 Å². The predicted octanol–water partition coefficient (Wildman–Crippen LogP) is 2.74. The summed E-state index contributed by atoms with van der Waals surface area (Å²) in [4.78, 5) is 0. The van der Waals surface area contributed by atoms with Crippen molar-refractivity contribution in [2.45, 2.75) is 31.6 Å². The van der Waals surface area contributed by atoms with Crippen LogP contribution in [0.4, 0.5) is 8.78 Å². The van der Waals surface area contributed by atoms with E-state index in [2.05, 4.69) is 10.1 Å². The van der Waals surface area contributed by atoms with Crippen LogP contribution in [0.3, 0.4) is 0 Å². The molecule has 21 heavy (non-hydrogen) atoms. The zero-order valence-electron chi connectivity index (χ0n) is 12.3. The molecule has 1 fully saturated rings. The van der Waals surface area contributed by atoms with Gasteiger partial charge in [-0.2, -0.15) is 8.78 Å². The van der Waals surface area contributed by atoms with Gasteiger partial charge in [0, 0.05) is 32.7 Å². The fraction of sp³-hybridized carbons (Fsp3) is 0.600. The Hall–Kier alpha value is -1.24. The molecule has 2 atom stereocenters. The van der Waals surface area contributed by atoms with Crippen LogP contribution in [-0.2, 0) is 9.47 Å². The number of ether oxygens (including phenoxy) is 3. The van der Waals surface area contributed by atoms with Crippen molar-refractivity contribution >= 4 is 0 Å². The van der Waals surface area contributed by atoms with Crippen LogP contribution >= 0.6 is 0 Å². The molecule has 2 unspecified atom stereocenters. The minimum absolute atomic E-state index is 0.00107. The highest BCUT2D eigenvalue weighted by Crippen LogP contribution is 2.24. The Bertz CT molecular complexity index is 450. The van der Waals surface area contributed by atoms with E-state index in [0.717, 1.165) is 12.0 Å². The molecule has 1 heterocycles. The van der Waals surface area contributed by atoms with Gasteiger partial charge in [0.1, 0.15) is 11.4 Å². The highest BCUT2D eigenvalue weighted by atomic mass is 19.3. The summed E-state index contributed by atoms with van der Waals surface area (Å²) in [5.74, 6) is 0.168. The van der Waals surface area contributed by atoms with Crippen molar-refractivity contribution in [3.05, 3.63) is 29.8 Å². The number of halogens is 2. The summed E-state index contributed by atoms with van der Waals surface area (Å²) in [5.41, 5.74) is 0.587. The van der Waals surface area contributed by atoms with Gasteiger partial charge in [-0.1, -0.05) is 12.1 Å². The molecule has 1 saturated heterocycles. The molecular formula is C15H21F2NO3. The molecule has 0 aromatic heterocycles. The number of benzene rings is 1. The molecule has 1 N–H and O–H groups in total. The van der Waals surface area contributed by atoms with Crippen LogP contribution in [0, 0.1) is 0 Å². The Labute approximate surface area is 123 Å². The molecule has 0 bridgehead atoms. The maximum absolute atomic E-state index is 12.2. The van der Waals surface area contributed by atoms with Crippen molar-refractivity contribution in [2.75, 3.05) is 26.9 Å². The summed E-state index contributed by atoms with van der Waals surface area (Å²) in [6, 6.07) is 6.72. The number of nitrogens with one attached hydrogen (secondary N) is 1. The third-order valence-corrected chi connectivity index (χ3v) is 3.81. The van der Waals surface area contributed by atoms with Crippen molar-refractivity contribution in [3.63, 3.8) is 0 Å². The Morgan fingerprint density at radius 3 is 2.86 bits per heavy atom. The number of hydrogen-bond acceptors (Lipinski definition) is 4. The van der Waals surface area contributed by atoms with Gasteiger partial charge in [-0.05, 0) is 24.6 Å². The molecule has 1 aliphatic rings. The Morgan fingerprint density at radius 2 is 2.24 bits per heavy atom. The van der Waals surface area contributed by atoms with E-state index in [1.807, 2.05) is 13.0 Å². The molecule has 0 aliphatic carbocycles. The molecule has 0 amide bonds. The highest BCUT2D eigenvalue weighted by Gasteiger charge is 2.34. The van der Waals surface area contributed by atoms with Gasteiger partial charge < -0.3 is 19.5 Å². The average molecular weight is 301 g/mol. The van der Waals surface area contributed by atoms with E-state index < -0.39 is 6.61 Å². The van der Waals surface area contributed by atoms with E-state index in [1.165, 1.54) is 6.07 Å². The van der Waals surface area contributed by atoms with E-state index in [9.17, 15) is 8.78 Å². The number of hydrogen-bond donors (Lipinski definition) is 1. The molecule has 6 heteroatoms. The molecule has 1 aromatic rings. The topological polar surface area (TPSA) is 39.7 Å². The van der Waals surface area contributed by atoms with E-state index in [4.69, 9.17) is 9.47 Å². The zero-order valence-corrected chi connectivity index (χ0v) is 12.3. The van der Waals surface area contributed by atoms with Crippen LogP contribution in [0.1, 0.15) is 24.9 Å². The van der Waals surface area contributed by atoms with Crippen molar-refractivity contribution in [2.24, 2.45) is 0 Å². The average Bonchev–Trinajstić information content (AvgIpc) is 2.94. The van der Waals surface area contributed by atoms with Gasteiger partial charge in [0.05, 0.1) is 6.61 Å². The second kappa shape index (κ2) is 7.15. The van der Waals surface area contributed by atoms with Gasteiger partial charge in [-0.25, -0.2) is 0 Å². The SMILES string of the molecule is COC1(CNC(C)c2cccc(OC(F)F)c2)CCOC1. The van der Waals surface area contributed by atoms with Crippen LogP contribution in [0.2, 0.25) is 0 Å². The minimum atomic E-state index is -2.81. The van der Waals surface area contributed by atoms with Crippen LogP contribution in [0.15, 0.2) is 24.3 Å². The van der Waals surface area contributed by atoms with Crippen molar-refractivity contribution in [1.82, 2.24) is 5.32 Å². The molecule has 0 saturated carbocycles. The first-order chi connectivity index (χ1) is 10.0. The van der Waals surface area contributed by atoms with E-state index in [0.29, 0.717) is 19.8 Å². The molecule has 4 nitrogen and oxygen atoms in total. The molecular weight excluding hydrogens is 280 g/mol. The summed E-state index contributed by atoms with van der Waals surface area (Å²) in [6.07, 6.45) is 0.845. The van der Waals surface area contributed by atoms with E-state index >= 15 is 0 Å². The third kappa shape index (κ3) is 4.36. The summed E-state index contributed by atoms with van der Waals surface area (Å²) >= 11 is 0. The Balaban J connectivity index is 1.95. The largest absolute Gasteiger partial charge is 0.435 e. The third-order valence-electron chi connectivity index (χ3n) is 3.81. The maximum atomic E-state index is 12.2. The number of rotatable bonds is 7. The monoisotopic (exact) mass is 301 g/mol. The molecule has 2 rings (SSSR count). The van der Waals surface area contributed by atoms with Crippen LogP contribution in [-0.4, -0.2) is 39.1 Å². The zero-order chi connectivity index (χ0) is 15.3. The van der Waals surface area contributed by atoms with Gasteiger partial charge >= 0.3 is 6.61 Å². The summed E-state index contributed by atoms with van der Waals surface area (Å²) in [6.45, 7) is 1.07. The first kappa shape index (κ1) is 16.1. The standard InChI is InChI=1S/C15H21F2NO3/c1-11(18-9-15(19-2)6-7-20-10-15)12-4-3-5-13(8-12)21-14(16)17/h3-5,8,11,14,18H,6-7,9-10H2,1-2H3. The fourth-order valence-electron chi connectivity index (χ4n) is 2.38. The normalized spacial score (nSPS) is 23.5. The van der Waals surface area contributed by atoms with Crippen molar-refractivity contribution in [3.8, 4) is 5.75 Å². The van der Waals surface area contributed by atoms with Crippen LogP contribution in [0.25, 0.3) is 0 Å². The molecule has 1 aromatic carbocycles. The molecule has 1 aliphatic heterocycles. The lowest BCUT2D eigenvalue weighted by Crippen LogP contribution is -2.43. The van der Waals surface area contributed by atoms with Gasteiger partial charge in [0.25, 0.3) is 0 Å². The quantitative estimate of drug-likeness (QED) is 0.840. The first-order valence-corrected chi connectivity index (χ1v) is 6.96. The summed E-state index contributed by atoms with van der Waals surface area (Å²) < 4.78 is 39.8. The Kier molecular flexibility index (Phi) is 5.50. The molecule has 0 radical (unpaired) electrons. The minimum Gasteiger partial charge on any atom is -0.435 e.